The molecular formula is C49H37N3O. The normalized spacial score (nSPS) is 17.6. The Balaban J connectivity index is 1.11. The van der Waals surface area contributed by atoms with Gasteiger partial charge in [0.2, 0.25) is 0 Å². The van der Waals surface area contributed by atoms with Crippen LogP contribution in [0.3, 0.4) is 0 Å². The zero-order valence-electron chi connectivity index (χ0n) is 29.8. The van der Waals surface area contributed by atoms with Gasteiger partial charge in [0.05, 0.1) is 16.8 Å². The molecule has 0 bridgehead atoms. The first-order valence-electron chi connectivity index (χ1n) is 18.4. The van der Waals surface area contributed by atoms with Crippen LogP contribution in [0.4, 0.5) is 0 Å². The number of benzene rings is 4. The summed E-state index contributed by atoms with van der Waals surface area (Å²) >= 11 is 0. The third-order valence-corrected chi connectivity index (χ3v) is 11.1. The molecule has 3 aliphatic carbocycles. The van der Waals surface area contributed by atoms with Crippen LogP contribution in [0.25, 0.3) is 33.8 Å². The fourth-order valence-electron chi connectivity index (χ4n) is 8.91. The monoisotopic (exact) mass is 683 g/mol. The summed E-state index contributed by atoms with van der Waals surface area (Å²) in [4.78, 5) is 15.1. The maximum absolute atomic E-state index is 6.62. The van der Waals surface area contributed by atoms with Crippen molar-refractivity contribution in [3.8, 4) is 45.3 Å². The second-order valence-corrected chi connectivity index (χ2v) is 14.4. The van der Waals surface area contributed by atoms with Gasteiger partial charge < -0.3 is 4.74 Å². The van der Waals surface area contributed by atoms with Crippen LogP contribution in [0.2, 0.25) is 0 Å². The Bertz CT molecular complexity index is 2540. The highest BCUT2D eigenvalue weighted by Crippen LogP contribution is 2.64. The van der Waals surface area contributed by atoms with Gasteiger partial charge in [-0.05, 0) is 90.4 Å². The Kier molecular flexibility index (Phi) is 7.33. The number of rotatable bonds is 4. The number of para-hydroxylation sites is 2. The van der Waals surface area contributed by atoms with Crippen molar-refractivity contribution < 1.29 is 4.74 Å². The van der Waals surface area contributed by atoms with Crippen molar-refractivity contribution in [3.63, 3.8) is 0 Å². The molecule has 53 heavy (non-hydrogen) atoms. The van der Waals surface area contributed by atoms with Crippen LogP contribution < -0.4 is 4.74 Å². The number of ether oxygens (including phenoxy) is 1. The third-order valence-electron chi connectivity index (χ3n) is 11.1. The summed E-state index contributed by atoms with van der Waals surface area (Å²) in [5.41, 5.74) is 15.8. The maximum atomic E-state index is 6.62. The maximum Gasteiger partial charge on any atom is 0.160 e. The summed E-state index contributed by atoms with van der Waals surface area (Å²) in [6.07, 6.45) is 15.5. The van der Waals surface area contributed by atoms with E-state index in [0.717, 1.165) is 69.6 Å². The molecule has 2 aromatic heterocycles. The number of fused-ring (bicyclic) bond motifs is 7. The van der Waals surface area contributed by atoms with Crippen LogP contribution in [0.5, 0.6) is 11.5 Å². The minimum Gasteiger partial charge on any atom is -0.457 e. The van der Waals surface area contributed by atoms with Crippen molar-refractivity contribution >= 4 is 0 Å². The average Bonchev–Trinajstić information content (AvgIpc) is 3.30. The molecule has 3 heterocycles. The first-order valence-corrected chi connectivity index (χ1v) is 18.4. The van der Waals surface area contributed by atoms with E-state index < -0.39 is 5.41 Å². The summed E-state index contributed by atoms with van der Waals surface area (Å²) in [6, 6.07) is 42.8. The van der Waals surface area contributed by atoms with Crippen molar-refractivity contribution in [2.75, 3.05) is 0 Å². The lowest BCUT2D eigenvalue weighted by Gasteiger charge is -2.42. The molecule has 0 radical (unpaired) electrons. The Morgan fingerprint density at radius 1 is 0.623 bits per heavy atom. The zero-order chi connectivity index (χ0) is 35.5. The first kappa shape index (κ1) is 31.4. The van der Waals surface area contributed by atoms with Gasteiger partial charge in [0.15, 0.2) is 5.82 Å². The minimum absolute atomic E-state index is 0.0436. The van der Waals surface area contributed by atoms with E-state index in [0.29, 0.717) is 0 Å². The Morgan fingerprint density at radius 3 is 2.04 bits per heavy atom. The number of pyridine rings is 1. The number of allylic oxidation sites excluding steroid dienone is 10. The summed E-state index contributed by atoms with van der Waals surface area (Å²) < 4.78 is 6.62. The van der Waals surface area contributed by atoms with E-state index in [9.17, 15) is 0 Å². The fourth-order valence-corrected chi connectivity index (χ4v) is 8.91. The molecule has 1 spiro atoms. The molecule has 4 aliphatic rings. The molecule has 4 nitrogen and oxygen atoms in total. The van der Waals surface area contributed by atoms with E-state index in [-0.39, 0.29) is 5.92 Å². The SMILES string of the molecule is Cc1cc(-c2ccc(-c3cc(C4C=CC5=C(C4)C4(C6=C5CC=CC=C6)c5ccccc5Oc5ccccc54)nc(-c4ccccc4)n3)cc2)cc(C)n1. The number of aromatic nitrogens is 3. The summed E-state index contributed by atoms with van der Waals surface area (Å²) in [6.45, 7) is 4.09. The van der Waals surface area contributed by atoms with Crippen molar-refractivity contribution in [1.82, 2.24) is 15.0 Å². The van der Waals surface area contributed by atoms with Gasteiger partial charge in [0.1, 0.15) is 11.5 Å². The van der Waals surface area contributed by atoms with Crippen LogP contribution in [0.15, 0.2) is 180 Å². The second kappa shape index (κ2) is 12.4. The molecule has 254 valence electrons. The molecule has 1 unspecified atom stereocenters. The molecule has 0 saturated carbocycles. The minimum atomic E-state index is -0.473. The van der Waals surface area contributed by atoms with Crippen molar-refractivity contribution in [2.45, 2.75) is 38.0 Å². The van der Waals surface area contributed by atoms with Crippen molar-refractivity contribution in [2.24, 2.45) is 0 Å². The first-order chi connectivity index (χ1) is 26.1. The van der Waals surface area contributed by atoms with Crippen LogP contribution in [-0.2, 0) is 5.41 Å². The molecule has 0 saturated heterocycles. The summed E-state index contributed by atoms with van der Waals surface area (Å²) in [5, 5.41) is 0. The van der Waals surface area contributed by atoms with E-state index in [1.165, 1.54) is 39.0 Å². The molecule has 0 N–H and O–H groups in total. The molecule has 10 rings (SSSR count). The lowest BCUT2D eigenvalue weighted by Crippen LogP contribution is -2.34. The number of aryl methyl sites for hydroxylation is 2. The molecule has 0 amide bonds. The number of hydrogen-bond donors (Lipinski definition) is 0. The van der Waals surface area contributed by atoms with E-state index >= 15 is 0 Å². The molecule has 0 fully saturated rings. The number of hydrogen-bond acceptors (Lipinski definition) is 4. The van der Waals surface area contributed by atoms with Crippen LogP contribution in [-0.4, -0.2) is 15.0 Å². The Hall–Kier alpha value is -6.39. The van der Waals surface area contributed by atoms with E-state index in [2.05, 4.69) is 157 Å². The van der Waals surface area contributed by atoms with Gasteiger partial charge >= 0.3 is 0 Å². The van der Waals surface area contributed by atoms with Crippen molar-refractivity contribution in [3.05, 3.63) is 208 Å². The smallest absolute Gasteiger partial charge is 0.160 e. The van der Waals surface area contributed by atoms with E-state index in [4.69, 9.17) is 14.7 Å². The van der Waals surface area contributed by atoms with Gasteiger partial charge in [0.25, 0.3) is 0 Å². The number of nitrogens with zero attached hydrogens (tertiary/aromatic N) is 3. The largest absolute Gasteiger partial charge is 0.457 e. The van der Waals surface area contributed by atoms with Crippen LogP contribution in [0.1, 0.15) is 47.0 Å². The van der Waals surface area contributed by atoms with Gasteiger partial charge in [-0.15, -0.1) is 0 Å². The standard InChI is InChI=1S/C49H37N3O/c1-31-27-37(28-32(2)50-31)33-21-23-34(24-22-33)44-30-45(52-48(51-44)35-13-5-3-6-14-35)36-25-26-39-38-15-7-4-8-16-40(38)49(43(39)29-36)41-17-9-11-19-46(41)53-47-20-12-10-18-42(47)49/h3-14,16-28,30,36H,15,29H2,1-2H3. The van der Waals surface area contributed by atoms with E-state index in [1.54, 1.807) is 0 Å². The molecule has 4 aromatic carbocycles. The Labute approximate surface area is 310 Å². The molecule has 1 atom stereocenters. The van der Waals surface area contributed by atoms with E-state index in [1.807, 2.05) is 19.9 Å². The summed E-state index contributed by atoms with van der Waals surface area (Å²) in [7, 11) is 0. The van der Waals surface area contributed by atoms with Crippen molar-refractivity contribution in [1.29, 1.82) is 0 Å². The van der Waals surface area contributed by atoms with Gasteiger partial charge in [0, 0.05) is 39.6 Å². The highest BCUT2D eigenvalue weighted by atomic mass is 16.5. The van der Waals surface area contributed by atoms with Gasteiger partial charge in [-0.2, -0.15) is 0 Å². The van der Waals surface area contributed by atoms with Crippen LogP contribution >= 0.6 is 0 Å². The lowest BCUT2D eigenvalue weighted by molar-refractivity contribution is 0.429. The van der Waals surface area contributed by atoms with Gasteiger partial charge in [-0.25, -0.2) is 9.97 Å². The lowest BCUT2D eigenvalue weighted by atomic mass is 9.62. The van der Waals surface area contributed by atoms with Gasteiger partial charge in [-0.1, -0.05) is 127 Å². The van der Waals surface area contributed by atoms with Crippen LogP contribution in [0, 0.1) is 13.8 Å². The topological polar surface area (TPSA) is 47.9 Å². The Morgan fingerprint density at radius 2 is 1.30 bits per heavy atom. The predicted octanol–water partition coefficient (Wildman–Crippen LogP) is 11.7. The average molecular weight is 684 g/mol. The quantitative estimate of drug-likeness (QED) is 0.186. The third kappa shape index (κ3) is 5.08. The molecule has 4 heteroatoms. The molecular weight excluding hydrogens is 647 g/mol. The highest BCUT2D eigenvalue weighted by molar-refractivity contribution is 5.79. The predicted molar refractivity (Wildman–Crippen MR) is 213 cm³/mol. The molecule has 6 aromatic rings. The molecule has 1 aliphatic heterocycles. The fraction of sp³-hybridized carbons (Fsp3) is 0.122. The highest BCUT2D eigenvalue weighted by Gasteiger charge is 2.53. The second-order valence-electron chi connectivity index (χ2n) is 14.4. The summed E-state index contributed by atoms with van der Waals surface area (Å²) in [5.74, 6) is 2.61. The van der Waals surface area contributed by atoms with Gasteiger partial charge in [-0.3, -0.25) is 4.98 Å². The zero-order valence-corrected chi connectivity index (χ0v) is 29.8.